The molecule has 0 saturated heterocycles. The van der Waals surface area contributed by atoms with Gasteiger partial charge in [0.15, 0.2) is 0 Å². The van der Waals surface area contributed by atoms with Gasteiger partial charge in [-0.05, 0) is 24.1 Å². The molecule has 0 unspecified atom stereocenters. The Hall–Kier alpha value is -2.99. The van der Waals surface area contributed by atoms with Crippen LogP contribution in [0.4, 0.5) is 5.69 Å². The lowest BCUT2D eigenvalue weighted by Crippen LogP contribution is -2.08. The number of anilines is 1. The summed E-state index contributed by atoms with van der Waals surface area (Å²) in [5, 5.41) is 3.25. The SMILES string of the molecule is C#C/C(=C\CCNc1ccccc1C(=O)OC)c1ccccc1. The number of methoxy groups -OCH3 is 1. The third-order valence-electron chi connectivity index (χ3n) is 3.38. The van der Waals surface area contributed by atoms with Crippen molar-refractivity contribution in [3.05, 3.63) is 71.8 Å². The van der Waals surface area contributed by atoms with E-state index in [-0.39, 0.29) is 5.97 Å². The van der Waals surface area contributed by atoms with Crippen molar-refractivity contribution in [2.75, 3.05) is 19.0 Å². The van der Waals surface area contributed by atoms with E-state index in [1.165, 1.54) is 7.11 Å². The van der Waals surface area contributed by atoms with Crippen LogP contribution in [0, 0.1) is 12.3 Å². The molecule has 0 fully saturated rings. The second kappa shape index (κ2) is 8.45. The summed E-state index contributed by atoms with van der Waals surface area (Å²) in [5.74, 6) is 2.37. The van der Waals surface area contributed by atoms with Crippen LogP contribution in [0.25, 0.3) is 5.57 Å². The fraction of sp³-hybridized carbons (Fsp3) is 0.150. The molecule has 1 N–H and O–H groups in total. The van der Waals surface area contributed by atoms with Gasteiger partial charge in [-0.2, -0.15) is 0 Å². The molecule has 0 spiro atoms. The Balaban J connectivity index is 1.99. The zero-order valence-electron chi connectivity index (χ0n) is 13.1. The number of allylic oxidation sites excluding steroid dienone is 1. The molecule has 0 heterocycles. The molecule has 3 nitrogen and oxygen atoms in total. The van der Waals surface area contributed by atoms with Crippen LogP contribution < -0.4 is 5.32 Å². The Morgan fingerprint density at radius 3 is 2.57 bits per heavy atom. The molecule has 0 aromatic heterocycles. The maximum Gasteiger partial charge on any atom is 0.339 e. The summed E-state index contributed by atoms with van der Waals surface area (Å²) in [6.45, 7) is 0.673. The maximum absolute atomic E-state index is 11.7. The monoisotopic (exact) mass is 305 g/mol. The predicted octanol–water partition coefficient (Wildman–Crippen LogP) is 3.99. The molecule has 3 heteroatoms. The largest absolute Gasteiger partial charge is 0.465 e. The molecule has 0 aliphatic carbocycles. The molecule has 0 bridgehead atoms. The Kier molecular flexibility index (Phi) is 6.02. The van der Waals surface area contributed by atoms with Crippen molar-refractivity contribution in [2.45, 2.75) is 6.42 Å². The number of rotatable bonds is 6. The van der Waals surface area contributed by atoms with E-state index in [9.17, 15) is 4.79 Å². The van der Waals surface area contributed by atoms with E-state index in [0.717, 1.165) is 23.2 Å². The van der Waals surface area contributed by atoms with Gasteiger partial charge in [0.2, 0.25) is 0 Å². The summed E-state index contributed by atoms with van der Waals surface area (Å²) in [5.41, 5.74) is 3.19. The topological polar surface area (TPSA) is 38.3 Å². The number of benzene rings is 2. The lowest BCUT2D eigenvalue weighted by atomic mass is 10.1. The number of hydrogen-bond acceptors (Lipinski definition) is 3. The third kappa shape index (κ3) is 4.49. The van der Waals surface area contributed by atoms with Crippen molar-refractivity contribution in [3.8, 4) is 12.3 Å². The van der Waals surface area contributed by atoms with Crippen molar-refractivity contribution < 1.29 is 9.53 Å². The Morgan fingerprint density at radius 1 is 1.17 bits per heavy atom. The first-order chi connectivity index (χ1) is 11.3. The minimum Gasteiger partial charge on any atom is -0.465 e. The molecule has 0 amide bonds. The highest BCUT2D eigenvalue weighted by Crippen LogP contribution is 2.17. The summed E-state index contributed by atoms with van der Waals surface area (Å²) in [6.07, 6.45) is 8.35. The lowest BCUT2D eigenvalue weighted by molar-refractivity contribution is 0.0602. The normalized spacial score (nSPS) is 10.7. The van der Waals surface area contributed by atoms with Gasteiger partial charge in [-0.3, -0.25) is 0 Å². The predicted molar refractivity (Wildman–Crippen MR) is 94.1 cm³/mol. The van der Waals surface area contributed by atoms with Crippen molar-refractivity contribution >= 4 is 17.2 Å². The number of esters is 1. The molecule has 116 valence electrons. The van der Waals surface area contributed by atoms with E-state index < -0.39 is 0 Å². The highest BCUT2D eigenvalue weighted by atomic mass is 16.5. The summed E-state index contributed by atoms with van der Waals surface area (Å²) in [4.78, 5) is 11.7. The van der Waals surface area contributed by atoms with Gasteiger partial charge >= 0.3 is 5.97 Å². The number of terminal acetylenes is 1. The van der Waals surface area contributed by atoms with Crippen LogP contribution in [0.5, 0.6) is 0 Å². The van der Waals surface area contributed by atoms with E-state index in [0.29, 0.717) is 12.1 Å². The zero-order valence-corrected chi connectivity index (χ0v) is 13.1. The van der Waals surface area contributed by atoms with Crippen LogP contribution in [0.1, 0.15) is 22.3 Å². The Bertz CT molecular complexity index is 727. The average Bonchev–Trinajstić information content (AvgIpc) is 2.62. The fourth-order valence-corrected chi connectivity index (χ4v) is 2.23. The van der Waals surface area contributed by atoms with E-state index >= 15 is 0 Å². The lowest BCUT2D eigenvalue weighted by Gasteiger charge is -2.09. The zero-order chi connectivity index (χ0) is 16.5. The smallest absolute Gasteiger partial charge is 0.339 e. The van der Waals surface area contributed by atoms with Gasteiger partial charge in [0.05, 0.1) is 12.7 Å². The van der Waals surface area contributed by atoms with Crippen LogP contribution in [0.3, 0.4) is 0 Å². The minimum atomic E-state index is -0.350. The van der Waals surface area contributed by atoms with Gasteiger partial charge in [0.25, 0.3) is 0 Å². The van der Waals surface area contributed by atoms with Crippen molar-refractivity contribution in [1.82, 2.24) is 0 Å². The van der Waals surface area contributed by atoms with E-state index in [1.54, 1.807) is 6.07 Å². The number of hydrogen-bond donors (Lipinski definition) is 1. The van der Waals surface area contributed by atoms with Gasteiger partial charge in [-0.1, -0.05) is 54.5 Å². The number of carbonyl (C=O) groups excluding carboxylic acids is 1. The van der Waals surface area contributed by atoms with Crippen LogP contribution in [0.2, 0.25) is 0 Å². The van der Waals surface area contributed by atoms with Crippen molar-refractivity contribution in [3.63, 3.8) is 0 Å². The van der Waals surface area contributed by atoms with Crippen molar-refractivity contribution in [1.29, 1.82) is 0 Å². The molecule has 0 radical (unpaired) electrons. The summed E-state index contributed by atoms with van der Waals surface area (Å²) in [6, 6.07) is 17.2. The fourth-order valence-electron chi connectivity index (χ4n) is 2.23. The number of nitrogens with one attached hydrogen (secondary N) is 1. The summed E-state index contributed by atoms with van der Waals surface area (Å²) < 4.78 is 4.78. The molecule has 2 rings (SSSR count). The van der Waals surface area contributed by atoms with E-state index in [1.807, 2.05) is 54.6 Å². The molecular formula is C20H19NO2. The van der Waals surface area contributed by atoms with Gasteiger partial charge < -0.3 is 10.1 Å². The van der Waals surface area contributed by atoms with Crippen LogP contribution in [0.15, 0.2) is 60.7 Å². The molecule has 2 aromatic rings. The summed E-state index contributed by atoms with van der Waals surface area (Å²) in [7, 11) is 1.38. The number of para-hydroxylation sites is 1. The second-order valence-electron chi connectivity index (χ2n) is 4.88. The molecule has 23 heavy (non-hydrogen) atoms. The highest BCUT2D eigenvalue weighted by molar-refractivity contribution is 5.95. The Morgan fingerprint density at radius 2 is 1.87 bits per heavy atom. The molecule has 2 aromatic carbocycles. The van der Waals surface area contributed by atoms with E-state index in [4.69, 9.17) is 11.2 Å². The summed E-state index contributed by atoms with van der Waals surface area (Å²) >= 11 is 0. The quantitative estimate of drug-likeness (QED) is 0.498. The molecular weight excluding hydrogens is 286 g/mol. The molecule has 0 atom stereocenters. The van der Waals surface area contributed by atoms with Crippen molar-refractivity contribution in [2.24, 2.45) is 0 Å². The van der Waals surface area contributed by atoms with Gasteiger partial charge in [-0.25, -0.2) is 4.79 Å². The first-order valence-electron chi connectivity index (χ1n) is 7.39. The first kappa shape index (κ1) is 16.4. The van der Waals surface area contributed by atoms with Crippen LogP contribution in [-0.2, 0) is 4.74 Å². The molecule has 0 saturated carbocycles. The molecule has 0 aliphatic heterocycles. The van der Waals surface area contributed by atoms with Gasteiger partial charge in [-0.15, -0.1) is 6.42 Å². The third-order valence-corrected chi connectivity index (χ3v) is 3.38. The maximum atomic E-state index is 11.7. The molecule has 0 aliphatic rings. The standard InChI is InChI=1S/C20H19NO2/c1-3-16(17-10-5-4-6-11-17)12-9-15-21-19-14-8-7-13-18(19)20(22)23-2/h1,4-8,10-14,21H,9,15H2,2H3/b16-12+. The van der Waals surface area contributed by atoms with E-state index in [2.05, 4.69) is 11.2 Å². The second-order valence-corrected chi connectivity index (χ2v) is 4.88. The van der Waals surface area contributed by atoms with Crippen LogP contribution in [-0.4, -0.2) is 19.6 Å². The highest BCUT2D eigenvalue weighted by Gasteiger charge is 2.09. The average molecular weight is 305 g/mol. The first-order valence-corrected chi connectivity index (χ1v) is 7.39. The van der Waals surface area contributed by atoms with Gasteiger partial charge in [0.1, 0.15) is 0 Å². The number of carbonyl (C=O) groups is 1. The van der Waals surface area contributed by atoms with Crippen LogP contribution >= 0.6 is 0 Å². The Labute approximate surface area is 137 Å². The number of ether oxygens (including phenoxy) is 1. The minimum absolute atomic E-state index is 0.350. The van der Waals surface area contributed by atoms with Gasteiger partial charge in [0, 0.05) is 17.8 Å².